The minimum Gasteiger partial charge on any atom is -0.460 e. The first-order chi connectivity index (χ1) is 7.42. The highest BCUT2D eigenvalue weighted by Gasteiger charge is 2.17. The predicted molar refractivity (Wildman–Crippen MR) is 58.5 cm³/mol. The van der Waals surface area contributed by atoms with E-state index >= 15 is 0 Å². The van der Waals surface area contributed by atoms with E-state index in [4.69, 9.17) is 10.00 Å². The van der Waals surface area contributed by atoms with E-state index in [-0.39, 0.29) is 18.1 Å². The molecule has 0 aliphatic rings. The van der Waals surface area contributed by atoms with Crippen molar-refractivity contribution in [1.82, 2.24) is 4.98 Å². The second-order valence-corrected chi connectivity index (χ2v) is 4.39. The molecular formula is C12H14N2O2. The zero-order chi connectivity index (χ0) is 12.2. The van der Waals surface area contributed by atoms with Crippen LogP contribution in [-0.2, 0) is 16.0 Å². The summed E-state index contributed by atoms with van der Waals surface area (Å²) in [5, 5.41) is 8.80. The summed E-state index contributed by atoms with van der Waals surface area (Å²) in [5.74, 6) is -0.350. The number of nitrogens with zero attached hydrogens (tertiary/aromatic N) is 2. The molecule has 16 heavy (non-hydrogen) atoms. The molecule has 4 heteroatoms. The van der Waals surface area contributed by atoms with E-state index in [1.165, 1.54) is 6.20 Å². The summed E-state index contributed by atoms with van der Waals surface area (Å²) in [7, 11) is 0. The molecule has 0 saturated carbocycles. The maximum atomic E-state index is 11.5. The first-order valence-electron chi connectivity index (χ1n) is 4.98. The molecule has 4 nitrogen and oxygen atoms in total. The maximum Gasteiger partial charge on any atom is 0.310 e. The Balaban J connectivity index is 2.75. The van der Waals surface area contributed by atoms with Crippen molar-refractivity contribution in [1.29, 1.82) is 5.26 Å². The zero-order valence-electron chi connectivity index (χ0n) is 9.65. The molecule has 0 atom stereocenters. The number of hydrogen-bond donors (Lipinski definition) is 0. The predicted octanol–water partition coefficient (Wildman–Crippen LogP) is 1.84. The maximum absolute atomic E-state index is 11.5. The summed E-state index contributed by atoms with van der Waals surface area (Å²) in [5.41, 5.74) is 0.360. The topological polar surface area (TPSA) is 63.0 Å². The van der Waals surface area contributed by atoms with Crippen LogP contribution in [0.25, 0.3) is 0 Å². The number of hydrogen-bond acceptors (Lipinski definition) is 4. The van der Waals surface area contributed by atoms with Gasteiger partial charge in [0.25, 0.3) is 0 Å². The van der Waals surface area contributed by atoms with Crippen molar-refractivity contribution < 1.29 is 9.53 Å². The van der Waals surface area contributed by atoms with Gasteiger partial charge >= 0.3 is 5.97 Å². The van der Waals surface area contributed by atoms with E-state index in [1.807, 2.05) is 6.07 Å². The molecule has 0 amide bonds. The first kappa shape index (κ1) is 12.2. The molecule has 0 radical (unpaired) electrons. The van der Waals surface area contributed by atoms with E-state index in [1.54, 1.807) is 32.9 Å². The van der Waals surface area contributed by atoms with E-state index in [9.17, 15) is 4.79 Å². The Kier molecular flexibility index (Phi) is 3.62. The number of nitriles is 1. The smallest absolute Gasteiger partial charge is 0.310 e. The van der Waals surface area contributed by atoms with Crippen molar-refractivity contribution in [3.8, 4) is 6.07 Å². The van der Waals surface area contributed by atoms with Gasteiger partial charge in [-0.1, -0.05) is 6.07 Å². The quantitative estimate of drug-likeness (QED) is 0.710. The number of esters is 1. The third-order valence-corrected chi connectivity index (χ3v) is 1.75. The number of pyridine rings is 1. The molecule has 0 bridgehead atoms. The molecule has 0 spiro atoms. The van der Waals surface area contributed by atoms with Crippen molar-refractivity contribution >= 4 is 5.97 Å². The number of carbonyl (C=O) groups is 1. The first-order valence-corrected chi connectivity index (χ1v) is 4.98. The van der Waals surface area contributed by atoms with Crippen molar-refractivity contribution in [3.05, 3.63) is 29.6 Å². The van der Waals surface area contributed by atoms with E-state index in [0.717, 1.165) is 0 Å². The van der Waals surface area contributed by atoms with Crippen molar-refractivity contribution in [3.63, 3.8) is 0 Å². The Morgan fingerprint density at radius 2 is 2.25 bits per heavy atom. The van der Waals surface area contributed by atoms with Crippen LogP contribution in [-0.4, -0.2) is 16.6 Å². The van der Waals surface area contributed by atoms with Crippen LogP contribution in [0.3, 0.4) is 0 Å². The van der Waals surface area contributed by atoms with E-state index < -0.39 is 5.60 Å². The number of carbonyl (C=O) groups excluding carboxylic acids is 1. The van der Waals surface area contributed by atoms with Crippen molar-refractivity contribution in [2.75, 3.05) is 0 Å². The zero-order valence-corrected chi connectivity index (χ0v) is 9.65. The summed E-state index contributed by atoms with van der Waals surface area (Å²) in [6.45, 7) is 5.41. The summed E-state index contributed by atoms with van der Waals surface area (Å²) in [6.07, 6.45) is 1.60. The standard InChI is InChI=1S/C12H14N2O2/c1-12(2,3)16-11(15)7-9-5-4-6-14-10(9)8-13/h4-6H,7H2,1-3H3. The molecule has 0 N–H and O–H groups in total. The molecule has 1 aromatic rings. The second-order valence-electron chi connectivity index (χ2n) is 4.39. The Morgan fingerprint density at radius 3 is 2.81 bits per heavy atom. The van der Waals surface area contributed by atoms with Crippen LogP contribution in [0.15, 0.2) is 18.3 Å². The van der Waals surface area contributed by atoms with Gasteiger partial charge in [0.1, 0.15) is 17.4 Å². The number of ether oxygens (including phenoxy) is 1. The van der Waals surface area contributed by atoms with E-state index in [2.05, 4.69) is 4.98 Å². The highest BCUT2D eigenvalue weighted by Crippen LogP contribution is 2.11. The molecule has 0 aromatic carbocycles. The summed E-state index contributed by atoms with van der Waals surface area (Å²) in [6, 6.07) is 5.34. The van der Waals surface area contributed by atoms with Gasteiger partial charge in [-0.2, -0.15) is 5.26 Å². The normalized spacial score (nSPS) is 10.6. The van der Waals surface area contributed by atoms with Gasteiger partial charge in [0.05, 0.1) is 6.42 Å². The Hall–Kier alpha value is -1.89. The van der Waals surface area contributed by atoms with Crippen LogP contribution in [0.2, 0.25) is 0 Å². The Morgan fingerprint density at radius 1 is 1.56 bits per heavy atom. The molecular weight excluding hydrogens is 204 g/mol. The average Bonchev–Trinajstić information content (AvgIpc) is 2.15. The highest BCUT2D eigenvalue weighted by atomic mass is 16.6. The molecule has 0 saturated heterocycles. The van der Waals surface area contributed by atoms with Crippen LogP contribution in [0.5, 0.6) is 0 Å². The fourth-order valence-electron chi connectivity index (χ4n) is 1.22. The molecule has 0 aliphatic heterocycles. The summed E-state index contributed by atoms with van der Waals surface area (Å²) in [4.78, 5) is 15.4. The monoisotopic (exact) mass is 218 g/mol. The van der Waals surface area contributed by atoms with Gasteiger partial charge in [-0.3, -0.25) is 4.79 Å². The summed E-state index contributed by atoms with van der Waals surface area (Å²) < 4.78 is 5.17. The molecule has 1 aromatic heterocycles. The Labute approximate surface area is 94.9 Å². The molecule has 84 valence electrons. The van der Waals surface area contributed by atoms with Crippen LogP contribution in [0, 0.1) is 11.3 Å². The molecule has 1 rings (SSSR count). The highest BCUT2D eigenvalue weighted by molar-refractivity contribution is 5.73. The third-order valence-electron chi connectivity index (χ3n) is 1.75. The summed E-state index contributed by atoms with van der Waals surface area (Å²) >= 11 is 0. The van der Waals surface area contributed by atoms with Crippen LogP contribution >= 0.6 is 0 Å². The van der Waals surface area contributed by atoms with Crippen molar-refractivity contribution in [2.45, 2.75) is 32.8 Å². The lowest BCUT2D eigenvalue weighted by atomic mass is 10.1. The fourth-order valence-corrected chi connectivity index (χ4v) is 1.22. The SMILES string of the molecule is CC(C)(C)OC(=O)Cc1cccnc1C#N. The van der Waals surface area contributed by atoms with Crippen molar-refractivity contribution in [2.24, 2.45) is 0 Å². The lowest BCUT2D eigenvalue weighted by molar-refractivity contribution is -0.153. The number of rotatable bonds is 2. The Bertz CT molecular complexity index is 427. The van der Waals surface area contributed by atoms with Gasteiger partial charge in [-0.15, -0.1) is 0 Å². The van der Waals surface area contributed by atoms with Crippen LogP contribution in [0.4, 0.5) is 0 Å². The average molecular weight is 218 g/mol. The van der Waals surface area contributed by atoms with Gasteiger partial charge in [0, 0.05) is 6.20 Å². The van der Waals surface area contributed by atoms with Crippen LogP contribution in [0.1, 0.15) is 32.0 Å². The molecule has 0 aliphatic carbocycles. The number of aromatic nitrogens is 1. The molecule has 0 unspecified atom stereocenters. The molecule has 0 fully saturated rings. The largest absolute Gasteiger partial charge is 0.460 e. The van der Waals surface area contributed by atoms with Crippen LogP contribution < -0.4 is 0 Å². The van der Waals surface area contributed by atoms with Gasteiger partial charge in [0.2, 0.25) is 0 Å². The van der Waals surface area contributed by atoms with Gasteiger partial charge < -0.3 is 4.74 Å². The lowest BCUT2D eigenvalue weighted by Gasteiger charge is -2.19. The minimum atomic E-state index is -0.508. The lowest BCUT2D eigenvalue weighted by Crippen LogP contribution is -2.25. The van der Waals surface area contributed by atoms with Gasteiger partial charge in [0.15, 0.2) is 0 Å². The van der Waals surface area contributed by atoms with Gasteiger partial charge in [-0.25, -0.2) is 4.98 Å². The van der Waals surface area contributed by atoms with Gasteiger partial charge in [-0.05, 0) is 32.4 Å². The minimum absolute atomic E-state index is 0.0774. The third kappa shape index (κ3) is 3.70. The second kappa shape index (κ2) is 4.75. The fraction of sp³-hybridized carbons (Fsp3) is 0.417. The molecule has 1 heterocycles. The van der Waals surface area contributed by atoms with E-state index in [0.29, 0.717) is 5.56 Å².